The smallest absolute Gasteiger partial charge is 0.255 e. The minimum absolute atomic E-state index is 0.164. The van der Waals surface area contributed by atoms with Crippen molar-refractivity contribution in [2.24, 2.45) is 5.73 Å². The van der Waals surface area contributed by atoms with Crippen LogP contribution in [0.15, 0.2) is 54.6 Å². The summed E-state index contributed by atoms with van der Waals surface area (Å²) in [6, 6.07) is 14.5. The summed E-state index contributed by atoms with van der Waals surface area (Å²) >= 11 is 0. The Morgan fingerprint density at radius 2 is 1.68 bits per heavy atom. The van der Waals surface area contributed by atoms with Crippen LogP contribution in [0.4, 0.5) is 0 Å². The Balaban J connectivity index is 1.81. The van der Waals surface area contributed by atoms with E-state index in [0.29, 0.717) is 12.3 Å². The second kappa shape index (κ2) is 9.12. The van der Waals surface area contributed by atoms with Crippen molar-refractivity contribution in [3.63, 3.8) is 0 Å². The van der Waals surface area contributed by atoms with Gasteiger partial charge in [-0.1, -0.05) is 24.3 Å². The Kier molecular flexibility index (Phi) is 6.59. The number of rotatable bonds is 8. The number of hydrogen-bond acceptors (Lipinski definition) is 4. The van der Waals surface area contributed by atoms with Gasteiger partial charge in [0, 0.05) is 12.6 Å². The summed E-state index contributed by atoms with van der Waals surface area (Å²) < 4.78 is 10.3. The zero-order valence-corrected chi connectivity index (χ0v) is 13.9. The van der Waals surface area contributed by atoms with Crippen molar-refractivity contribution in [2.45, 2.75) is 6.54 Å². The predicted octanol–water partition coefficient (Wildman–Crippen LogP) is 1.89. The molecule has 0 aliphatic heterocycles. The summed E-state index contributed by atoms with van der Waals surface area (Å²) in [5.74, 6) is 0.598. The largest absolute Gasteiger partial charge is 0.497 e. The van der Waals surface area contributed by atoms with Crippen molar-refractivity contribution in [3.8, 4) is 11.5 Å². The van der Waals surface area contributed by atoms with Crippen molar-refractivity contribution >= 4 is 17.9 Å². The quantitative estimate of drug-likeness (QED) is 0.718. The summed E-state index contributed by atoms with van der Waals surface area (Å²) in [4.78, 5) is 22.5. The van der Waals surface area contributed by atoms with Gasteiger partial charge in [-0.25, -0.2) is 0 Å². The molecule has 0 aliphatic carbocycles. The molecule has 2 aromatic rings. The van der Waals surface area contributed by atoms with Crippen LogP contribution >= 0.6 is 0 Å². The lowest BCUT2D eigenvalue weighted by atomic mass is 10.2. The third-order valence-electron chi connectivity index (χ3n) is 3.31. The first-order chi connectivity index (χ1) is 12.1. The van der Waals surface area contributed by atoms with E-state index < -0.39 is 5.91 Å². The standard InChI is InChI=1S/C19H20N2O4/c1-24-16-7-4-15(5-8-16)12-21-19(23)11-6-14-2-9-17(10-3-14)25-13-18(20)22/h2-11H,12-13H2,1H3,(H2,20,22)(H,21,23)/b11-6+. The van der Waals surface area contributed by atoms with Crippen LogP contribution < -0.4 is 20.5 Å². The second-order valence-electron chi connectivity index (χ2n) is 5.22. The van der Waals surface area contributed by atoms with Crippen LogP contribution in [-0.4, -0.2) is 25.5 Å². The van der Waals surface area contributed by atoms with E-state index in [1.165, 1.54) is 6.08 Å². The molecule has 0 unspecified atom stereocenters. The molecule has 2 aromatic carbocycles. The fourth-order valence-corrected chi connectivity index (χ4v) is 1.99. The lowest BCUT2D eigenvalue weighted by Gasteiger charge is -2.05. The maximum absolute atomic E-state index is 11.9. The van der Waals surface area contributed by atoms with Gasteiger partial charge in [0.1, 0.15) is 11.5 Å². The molecule has 6 heteroatoms. The van der Waals surface area contributed by atoms with Gasteiger partial charge in [-0.15, -0.1) is 0 Å². The lowest BCUT2D eigenvalue weighted by Crippen LogP contribution is -2.20. The molecule has 0 aliphatic rings. The molecule has 0 saturated carbocycles. The normalized spacial score (nSPS) is 10.4. The molecule has 0 saturated heterocycles. The number of carbonyl (C=O) groups is 2. The minimum atomic E-state index is -0.530. The van der Waals surface area contributed by atoms with Crippen LogP contribution in [-0.2, 0) is 16.1 Å². The zero-order valence-electron chi connectivity index (χ0n) is 13.9. The van der Waals surface area contributed by atoms with Crippen LogP contribution in [0, 0.1) is 0 Å². The van der Waals surface area contributed by atoms with E-state index in [-0.39, 0.29) is 12.5 Å². The maximum Gasteiger partial charge on any atom is 0.255 e. The molecule has 130 valence electrons. The molecule has 0 aromatic heterocycles. The first-order valence-electron chi connectivity index (χ1n) is 7.67. The van der Waals surface area contributed by atoms with Gasteiger partial charge in [-0.05, 0) is 41.5 Å². The third-order valence-corrected chi connectivity index (χ3v) is 3.31. The Bertz CT molecular complexity index is 737. The molecule has 2 rings (SSSR count). The minimum Gasteiger partial charge on any atom is -0.497 e. The number of nitrogens with two attached hydrogens (primary N) is 1. The van der Waals surface area contributed by atoms with Crippen LogP contribution in [0.1, 0.15) is 11.1 Å². The number of ether oxygens (including phenoxy) is 2. The highest BCUT2D eigenvalue weighted by molar-refractivity contribution is 5.91. The van der Waals surface area contributed by atoms with Crippen molar-refractivity contribution in [2.75, 3.05) is 13.7 Å². The highest BCUT2D eigenvalue weighted by Gasteiger charge is 1.99. The number of amides is 2. The van der Waals surface area contributed by atoms with Crippen molar-refractivity contribution < 1.29 is 19.1 Å². The average molecular weight is 340 g/mol. The summed E-state index contributed by atoms with van der Waals surface area (Å²) in [6.07, 6.45) is 3.16. The lowest BCUT2D eigenvalue weighted by molar-refractivity contribution is -0.120. The van der Waals surface area contributed by atoms with Crippen molar-refractivity contribution in [3.05, 3.63) is 65.7 Å². The first-order valence-corrected chi connectivity index (χ1v) is 7.67. The molecule has 0 radical (unpaired) electrons. The van der Waals surface area contributed by atoms with Crippen LogP contribution in [0.2, 0.25) is 0 Å². The Morgan fingerprint density at radius 1 is 1.04 bits per heavy atom. The molecule has 0 bridgehead atoms. The fraction of sp³-hybridized carbons (Fsp3) is 0.158. The number of primary amides is 1. The molecule has 2 amide bonds. The molecular formula is C19H20N2O4. The summed E-state index contributed by atoms with van der Waals surface area (Å²) in [7, 11) is 1.61. The van der Waals surface area contributed by atoms with Crippen LogP contribution in [0.5, 0.6) is 11.5 Å². The molecule has 0 spiro atoms. The Labute approximate surface area is 146 Å². The molecule has 0 fully saturated rings. The number of nitrogens with one attached hydrogen (secondary N) is 1. The predicted molar refractivity (Wildman–Crippen MR) is 95.0 cm³/mol. The van der Waals surface area contributed by atoms with Gasteiger partial charge in [0.05, 0.1) is 7.11 Å². The first kappa shape index (κ1) is 18.1. The van der Waals surface area contributed by atoms with E-state index in [1.807, 2.05) is 24.3 Å². The van der Waals surface area contributed by atoms with Gasteiger partial charge in [0.15, 0.2) is 6.61 Å². The van der Waals surface area contributed by atoms with E-state index >= 15 is 0 Å². The number of methoxy groups -OCH3 is 1. The number of hydrogen-bond donors (Lipinski definition) is 2. The number of carbonyl (C=O) groups excluding carboxylic acids is 2. The van der Waals surface area contributed by atoms with Crippen molar-refractivity contribution in [1.29, 1.82) is 0 Å². The Morgan fingerprint density at radius 3 is 2.28 bits per heavy atom. The number of benzene rings is 2. The highest BCUT2D eigenvalue weighted by Crippen LogP contribution is 2.13. The van der Waals surface area contributed by atoms with Gasteiger partial charge < -0.3 is 20.5 Å². The van der Waals surface area contributed by atoms with E-state index in [1.54, 1.807) is 37.5 Å². The summed E-state index contributed by atoms with van der Waals surface area (Å²) in [5.41, 5.74) is 6.83. The van der Waals surface area contributed by atoms with Crippen LogP contribution in [0.3, 0.4) is 0 Å². The van der Waals surface area contributed by atoms with Gasteiger partial charge in [0.2, 0.25) is 5.91 Å². The molecule has 0 heterocycles. The van der Waals surface area contributed by atoms with Gasteiger partial charge in [-0.2, -0.15) is 0 Å². The maximum atomic E-state index is 11.9. The molecule has 6 nitrogen and oxygen atoms in total. The zero-order chi connectivity index (χ0) is 18.1. The third kappa shape index (κ3) is 6.39. The highest BCUT2D eigenvalue weighted by atomic mass is 16.5. The molecular weight excluding hydrogens is 320 g/mol. The molecule has 25 heavy (non-hydrogen) atoms. The molecule has 0 atom stereocenters. The van der Waals surface area contributed by atoms with Crippen LogP contribution in [0.25, 0.3) is 6.08 Å². The monoisotopic (exact) mass is 340 g/mol. The summed E-state index contributed by atoms with van der Waals surface area (Å²) in [6.45, 7) is 0.274. The Hall–Kier alpha value is -3.28. The van der Waals surface area contributed by atoms with E-state index in [4.69, 9.17) is 15.2 Å². The van der Waals surface area contributed by atoms with Crippen molar-refractivity contribution in [1.82, 2.24) is 5.32 Å². The van der Waals surface area contributed by atoms with Gasteiger partial charge in [-0.3, -0.25) is 9.59 Å². The average Bonchev–Trinajstić information content (AvgIpc) is 2.64. The van der Waals surface area contributed by atoms with E-state index in [2.05, 4.69) is 5.32 Å². The van der Waals surface area contributed by atoms with E-state index in [0.717, 1.165) is 16.9 Å². The van der Waals surface area contributed by atoms with Gasteiger partial charge >= 0.3 is 0 Å². The van der Waals surface area contributed by atoms with Gasteiger partial charge in [0.25, 0.3) is 5.91 Å². The SMILES string of the molecule is COc1ccc(CNC(=O)/C=C/c2ccc(OCC(N)=O)cc2)cc1. The topological polar surface area (TPSA) is 90.7 Å². The summed E-state index contributed by atoms with van der Waals surface area (Å²) in [5, 5.41) is 2.81. The fourth-order valence-electron chi connectivity index (χ4n) is 1.99. The molecule has 3 N–H and O–H groups in total. The second-order valence-corrected chi connectivity index (χ2v) is 5.22. The van der Waals surface area contributed by atoms with E-state index in [9.17, 15) is 9.59 Å².